The molecule has 0 saturated carbocycles. The number of nitrogens with zero attached hydrogens (tertiary/aromatic N) is 4. The van der Waals surface area contributed by atoms with E-state index in [0.717, 1.165) is 55.2 Å². The van der Waals surface area contributed by atoms with Crippen molar-refractivity contribution in [2.45, 2.75) is 38.8 Å². The predicted molar refractivity (Wildman–Crippen MR) is 138 cm³/mol. The highest BCUT2D eigenvalue weighted by atomic mass is 16.1. The number of hydrogen-bond acceptors (Lipinski definition) is 6. The number of piperazine rings is 1. The molecule has 176 valence electrons. The zero-order valence-electron chi connectivity index (χ0n) is 20.4. The second kappa shape index (κ2) is 9.43. The second-order valence-electron chi connectivity index (χ2n) is 10.2. The molecule has 7 nitrogen and oxygen atoms in total. The van der Waals surface area contributed by atoms with E-state index in [0.29, 0.717) is 6.54 Å². The minimum Gasteiger partial charge on any atom is -0.377 e. The van der Waals surface area contributed by atoms with Gasteiger partial charge in [0.1, 0.15) is 18.1 Å². The summed E-state index contributed by atoms with van der Waals surface area (Å²) in [6.07, 6.45) is 3.89. The number of aromatic nitrogens is 2. The molecule has 1 aliphatic heterocycles. The summed E-state index contributed by atoms with van der Waals surface area (Å²) in [6, 6.07) is 12.5. The fourth-order valence-corrected chi connectivity index (χ4v) is 4.39. The zero-order chi connectivity index (χ0) is 23.6. The van der Waals surface area contributed by atoms with Crippen molar-refractivity contribution in [3.05, 3.63) is 48.2 Å². The molecule has 4 rings (SSSR count). The van der Waals surface area contributed by atoms with E-state index in [-0.39, 0.29) is 11.6 Å². The number of pyridine rings is 1. The molecule has 2 N–H and O–H groups in total. The molecule has 1 aromatic carbocycles. The fraction of sp³-hybridized carbons (Fsp3) is 0.462. The van der Waals surface area contributed by atoms with E-state index >= 15 is 0 Å². The van der Waals surface area contributed by atoms with Gasteiger partial charge in [-0.25, -0.2) is 4.98 Å². The third-order valence-electron chi connectivity index (χ3n) is 6.00. The first kappa shape index (κ1) is 23.1. The lowest BCUT2D eigenvalue weighted by Gasteiger charge is -2.41. The van der Waals surface area contributed by atoms with Crippen molar-refractivity contribution in [3.63, 3.8) is 0 Å². The molecule has 3 heterocycles. The summed E-state index contributed by atoms with van der Waals surface area (Å²) in [5.41, 5.74) is 3.36. The van der Waals surface area contributed by atoms with Crippen LogP contribution in [-0.2, 0) is 11.2 Å². The molecule has 7 heteroatoms. The molecule has 3 aromatic rings. The number of fused-ring (bicyclic) bond motifs is 1. The van der Waals surface area contributed by atoms with Crippen LogP contribution < -0.4 is 15.1 Å². The Morgan fingerprint density at radius 1 is 1.21 bits per heavy atom. The quantitative estimate of drug-likeness (QED) is 0.537. The van der Waals surface area contributed by atoms with Crippen LogP contribution >= 0.6 is 0 Å². The molecule has 1 aliphatic rings. The Labute approximate surface area is 196 Å². The van der Waals surface area contributed by atoms with Crippen molar-refractivity contribution in [2.24, 2.45) is 0 Å². The summed E-state index contributed by atoms with van der Waals surface area (Å²) in [7, 11) is 4.19. The second-order valence-corrected chi connectivity index (χ2v) is 10.2. The van der Waals surface area contributed by atoms with Crippen LogP contribution in [0.5, 0.6) is 0 Å². The molecule has 1 unspecified atom stereocenters. The normalized spacial score (nSPS) is 17.1. The van der Waals surface area contributed by atoms with E-state index in [1.807, 2.05) is 12.3 Å². The average Bonchev–Trinajstić information content (AvgIpc) is 3.19. The first-order chi connectivity index (χ1) is 15.7. The smallest absolute Gasteiger partial charge is 0.152 e. The largest absolute Gasteiger partial charge is 0.377 e. The summed E-state index contributed by atoms with van der Waals surface area (Å²) in [6.45, 7) is 9.57. The number of aromatic amines is 1. The summed E-state index contributed by atoms with van der Waals surface area (Å²) in [5, 5.41) is 4.72. The van der Waals surface area contributed by atoms with Crippen LogP contribution in [0.15, 0.2) is 42.6 Å². The van der Waals surface area contributed by atoms with E-state index < -0.39 is 0 Å². The van der Waals surface area contributed by atoms with Crippen molar-refractivity contribution in [1.29, 1.82) is 0 Å². The molecule has 0 aliphatic carbocycles. The lowest BCUT2D eigenvalue weighted by Crippen LogP contribution is -2.54. The van der Waals surface area contributed by atoms with Crippen molar-refractivity contribution in [2.75, 3.05) is 55.4 Å². The summed E-state index contributed by atoms with van der Waals surface area (Å²) >= 11 is 0. The Balaban J connectivity index is 1.53. The van der Waals surface area contributed by atoms with Crippen LogP contribution in [0.25, 0.3) is 10.9 Å². The summed E-state index contributed by atoms with van der Waals surface area (Å²) in [5.74, 6) is 1.90. The minimum atomic E-state index is -0.246. The number of benzene rings is 1. The number of nitrogens with one attached hydrogen (secondary N) is 2. The van der Waals surface area contributed by atoms with Crippen LogP contribution in [0, 0.1) is 0 Å². The maximum absolute atomic E-state index is 12.1. The first-order valence-corrected chi connectivity index (χ1v) is 11.7. The van der Waals surface area contributed by atoms with Crippen molar-refractivity contribution in [1.82, 2.24) is 14.9 Å². The number of carbonyl (C=O) groups excluding carboxylic acids is 1. The van der Waals surface area contributed by atoms with Gasteiger partial charge in [-0.2, -0.15) is 0 Å². The number of H-pyrrole nitrogens is 1. The van der Waals surface area contributed by atoms with Gasteiger partial charge in [0.05, 0.1) is 5.69 Å². The third-order valence-corrected chi connectivity index (χ3v) is 6.00. The van der Waals surface area contributed by atoms with E-state index in [1.165, 1.54) is 10.9 Å². The molecule has 1 saturated heterocycles. The van der Waals surface area contributed by atoms with Crippen molar-refractivity contribution < 1.29 is 4.79 Å². The Kier molecular flexibility index (Phi) is 6.61. The van der Waals surface area contributed by atoms with Crippen molar-refractivity contribution >= 4 is 34.5 Å². The molecule has 1 atom stereocenters. The first-order valence-electron chi connectivity index (χ1n) is 11.7. The van der Waals surface area contributed by atoms with Crippen LogP contribution in [-0.4, -0.2) is 73.0 Å². The number of rotatable bonds is 7. The highest BCUT2D eigenvalue weighted by Crippen LogP contribution is 2.30. The number of carbonyl (C=O) groups is 1. The minimum absolute atomic E-state index is 0.0700. The number of aldehydes is 1. The van der Waals surface area contributed by atoms with E-state index in [4.69, 9.17) is 0 Å². The lowest BCUT2D eigenvalue weighted by molar-refractivity contribution is -0.109. The maximum atomic E-state index is 12.1. The Morgan fingerprint density at radius 3 is 2.76 bits per heavy atom. The lowest BCUT2D eigenvalue weighted by atomic mass is 10.1. The van der Waals surface area contributed by atoms with E-state index in [1.54, 1.807) is 0 Å². The number of anilines is 3. The molecule has 1 fully saturated rings. The van der Waals surface area contributed by atoms with Crippen LogP contribution in [0.2, 0.25) is 0 Å². The summed E-state index contributed by atoms with van der Waals surface area (Å²) in [4.78, 5) is 26.9. The van der Waals surface area contributed by atoms with Gasteiger partial charge in [-0.1, -0.05) is 12.1 Å². The van der Waals surface area contributed by atoms with Gasteiger partial charge in [-0.3, -0.25) is 0 Å². The van der Waals surface area contributed by atoms with Crippen molar-refractivity contribution in [3.8, 4) is 0 Å². The highest BCUT2D eigenvalue weighted by molar-refractivity contribution is 5.85. The molecular weight excluding hydrogens is 412 g/mol. The monoisotopic (exact) mass is 448 g/mol. The topological polar surface area (TPSA) is 67.5 Å². The van der Waals surface area contributed by atoms with Gasteiger partial charge in [0.2, 0.25) is 0 Å². The maximum Gasteiger partial charge on any atom is 0.152 e. The Bertz CT molecular complexity index is 1100. The van der Waals surface area contributed by atoms with Gasteiger partial charge in [-0.15, -0.1) is 0 Å². The van der Waals surface area contributed by atoms with Crippen LogP contribution in [0.3, 0.4) is 0 Å². The molecule has 0 spiro atoms. The highest BCUT2D eigenvalue weighted by Gasteiger charge is 2.30. The molecule has 0 bridgehead atoms. The average molecular weight is 449 g/mol. The van der Waals surface area contributed by atoms with Crippen LogP contribution in [0.1, 0.15) is 26.3 Å². The molecule has 0 radical (unpaired) electrons. The van der Waals surface area contributed by atoms with E-state index in [9.17, 15) is 4.79 Å². The summed E-state index contributed by atoms with van der Waals surface area (Å²) < 4.78 is 0. The molecule has 33 heavy (non-hydrogen) atoms. The van der Waals surface area contributed by atoms with Gasteiger partial charge in [0.25, 0.3) is 0 Å². The van der Waals surface area contributed by atoms with Gasteiger partial charge < -0.3 is 29.8 Å². The van der Waals surface area contributed by atoms with E-state index in [2.05, 4.69) is 95.2 Å². The number of likely N-dealkylation sites (N-methyl/N-ethyl adjacent to an activating group) is 1. The third kappa shape index (κ3) is 5.47. The van der Waals surface area contributed by atoms with Crippen LogP contribution in [0.4, 0.5) is 17.3 Å². The van der Waals surface area contributed by atoms with Gasteiger partial charge in [0.15, 0.2) is 5.82 Å². The van der Waals surface area contributed by atoms with Gasteiger partial charge in [-0.05, 0) is 71.1 Å². The Hall–Kier alpha value is -3.06. The fourth-order valence-electron chi connectivity index (χ4n) is 4.39. The standard InChI is InChI=1S/C26H36N6O/c1-26(2,3)29-22-7-6-11-27-25(22)31-13-14-32(21(17-31)18-33)24-16-20-9-8-19(10-12-30(4)5)15-23(20)28-24/h6-9,11,15-16,18,21,28-29H,10,12-14,17H2,1-5H3. The predicted octanol–water partition coefficient (Wildman–Crippen LogP) is 3.77. The van der Waals surface area contributed by atoms with Gasteiger partial charge >= 0.3 is 0 Å². The molecular formula is C26H36N6O. The zero-order valence-corrected chi connectivity index (χ0v) is 20.4. The van der Waals surface area contributed by atoms with Gasteiger partial charge in [0, 0.05) is 48.8 Å². The molecule has 2 aromatic heterocycles. The Morgan fingerprint density at radius 2 is 2.03 bits per heavy atom. The SMILES string of the molecule is CN(C)CCc1ccc2cc(N3CCN(c4ncccc4NC(C)(C)C)CC3C=O)[nH]c2c1. The molecule has 0 amide bonds. The number of hydrogen-bond donors (Lipinski definition) is 2.